The van der Waals surface area contributed by atoms with E-state index in [-0.39, 0.29) is 12.2 Å². The zero-order chi connectivity index (χ0) is 13.9. The first-order valence-corrected chi connectivity index (χ1v) is 7.16. The van der Waals surface area contributed by atoms with Crippen LogP contribution in [0.3, 0.4) is 0 Å². The highest BCUT2D eigenvalue weighted by atomic mass is 32.1. The van der Waals surface area contributed by atoms with Crippen molar-refractivity contribution in [3.05, 3.63) is 58.2 Å². The Morgan fingerprint density at radius 2 is 2.00 bits per heavy atom. The van der Waals surface area contributed by atoms with Crippen LogP contribution in [-0.4, -0.2) is 15.8 Å². The van der Waals surface area contributed by atoms with Crippen LogP contribution in [0.5, 0.6) is 0 Å². The number of carbonyl (C=O) groups is 1. The molecule has 2 N–H and O–H groups in total. The number of benzene rings is 1. The van der Waals surface area contributed by atoms with Crippen molar-refractivity contribution in [2.45, 2.75) is 13.0 Å². The molecule has 0 atom stereocenters. The predicted octanol–water partition coefficient (Wildman–Crippen LogP) is 2.58. The summed E-state index contributed by atoms with van der Waals surface area (Å²) in [6, 6.07) is 11.7. The molecule has 3 rings (SSSR count). The second-order valence-corrected chi connectivity index (χ2v) is 5.37. The highest BCUT2D eigenvalue weighted by molar-refractivity contribution is 7.09. The van der Waals surface area contributed by atoms with Gasteiger partial charge >= 0.3 is 0 Å². The number of para-hydroxylation sites is 1. The summed E-state index contributed by atoms with van der Waals surface area (Å²) in [5.74, 6) is -0.0243. The van der Waals surface area contributed by atoms with Crippen LogP contribution in [-0.2, 0) is 13.0 Å². The normalized spacial score (nSPS) is 10.8. The standard InChI is InChI=1S/C15H13N3OS/c16-8-15-18-13(9-20-15)14(19)7-11-6-5-10-3-1-2-4-12(10)17-11/h1-6,9H,7-8,16H2. The van der Waals surface area contributed by atoms with E-state index < -0.39 is 0 Å². The summed E-state index contributed by atoms with van der Waals surface area (Å²) in [4.78, 5) is 20.8. The van der Waals surface area contributed by atoms with E-state index in [9.17, 15) is 4.79 Å². The fourth-order valence-electron chi connectivity index (χ4n) is 1.99. The number of nitrogens with zero attached hydrogens (tertiary/aromatic N) is 2. The minimum atomic E-state index is -0.0243. The lowest BCUT2D eigenvalue weighted by molar-refractivity contribution is 0.0988. The van der Waals surface area contributed by atoms with E-state index in [2.05, 4.69) is 9.97 Å². The van der Waals surface area contributed by atoms with Crippen LogP contribution in [0.1, 0.15) is 21.2 Å². The van der Waals surface area contributed by atoms with E-state index in [1.807, 2.05) is 36.4 Å². The number of hydrogen-bond acceptors (Lipinski definition) is 5. The number of fused-ring (bicyclic) bond motifs is 1. The Kier molecular flexibility index (Phi) is 3.54. The Morgan fingerprint density at radius 1 is 1.15 bits per heavy atom. The third-order valence-corrected chi connectivity index (χ3v) is 3.88. The number of nitrogens with two attached hydrogens (primary N) is 1. The third kappa shape index (κ3) is 2.59. The highest BCUT2D eigenvalue weighted by Crippen LogP contribution is 2.15. The van der Waals surface area contributed by atoms with Crippen molar-refractivity contribution in [1.82, 2.24) is 9.97 Å². The number of aromatic nitrogens is 2. The Labute approximate surface area is 120 Å². The minimum Gasteiger partial charge on any atom is -0.325 e. The van der Waals surface area contributed by atoms with Gasteiger partial charge in [0, 0.05) is 23.0 Å². The number of ketones is 1. The summed E-state index contributed by atoms with van der Waals surface area (Å²) in [6.45, 7) is 0.367. The zero-order valence-electron chi connectivity index (χ0n) is 10.7. The van der Waals surface area contributed by atoms with Crippen LogP contribution in [0.25, 0.3) is 10.9 Å². The fourth-order valence-corrected chi connectivity index (χ4v) is 2.67. The molecular weight excluding hydrogens is 270 g/mol. The lowest BCUT2D eigenvalue weighted by Gasteiger charge is -2.01. The molecule has 4 nitrogen and oxygen atoms in total. The van der Waals surface area contributed by atoms with Crippen molar-refractivity contribution >= 4 is 28.0 Å². The van der Waals surface area contributed by atoms with E-state index in [0.717, 1.165) is 21.6 Å². The molecule has 2 aromatic heterocycles. The van der Waals surface area contributed by atoms with Crippen LogP contribution in [0.4, 0.5) is 0 Å². The molecule has 0 radical (unpaired) electrons. The van der Waals surface area contributed by atoms with Crippen LogP contribution >= 0.6 is 11.3 Å². The average Bonchev–Trinajstić information content (AvgIpc) is 2.96. The maximum atomic E-state index is 12.1. The van der Waals surface area contributed by atoms with Crippen molar-refractivity contribution in [3.8, 4) is 0 Å². The van der Waals surface area contributed by atoms with Crippen molar-refractivity contribution < 1.29 is 4.79 Å². The topological polar surface area (TPSA) is 68.9 Å². The molecule has 100 valence electrons. The van der Waals surface area contributed by atoms with Gasteiger partial charge in [-0.05, 0) is 12.1 Å². The number of hydrogen-bond donors (Lipinski definition) is 1. The van der Waals surface area contributed by atoms with Crippen LogP contribution < -0.4 is 5.73 Å². The number of rotatable bonds is 4. The second kappa shape index (κ2) is 5.48. The first-order valence-electron chi connectivity index (χ1n) is 6.28. The monoisotopic (exact) mass is 283 g/mol. The van der Waals surface area contributed by atoms with Gasteiger partial charge in [-0.2, -0.15) is 0 Å². The molecule has 0 aliphatic rings. The summed E-state index contributed by atoms with van der Waals surface area (Å²) >= 11 is 1.41. The maximum absolute atomic E-state index is 12.1. The van der Waals surface area contributed by atoms with Gasteiger partial charge < -0.3 is 5.73 Å². The summed E-state index contributed by atoms with van der Waals surface area (Å²) < 4.78 is 0. The van der Waals surface area contributed by atoms with Crippen LogP contribution in [0.2, 0.25) is 0 Å². The third-order valence-electron chi connectivity index (χ3n) is 3.01. The van der Waals surface area contributed by atoms with Crippen LogP contribution in [0, 0.1) is 0 Å². The lowest BCUT2D eigenvalue weighted by Crippen LogP contribution is -2.06. The largest absolute Gasteiger partial charge is 0.325 e. The lowest BCUT2D eigenvalue weighted by atomic mass is 10.1. The molecule has 0 unspecified atom stereocenters. The molecule has 0 bridgehead atoms. The smallest absolute Gasteiger partial charge is 0.187 e. The van der Waals surface area contributed by atoms with Crippen molar-refractivity contribution in [1.29, 1.82) is 0 Å². The van der Waals surface area contributed by atoms with Gasteiger partial charge in [-0.3, -0.25) is 9.78 Å². The molecule has 5 heteroatoms. The van der Waals surface area contributed by atoms with Crippen molar-refractivity contribution in [2.75, 3.05) is 0 Å². The molecule has 20 heavy (non-hydrogen) atoms. The van der Waals surface area contributed by atoms with Crippen LogP contribution in [0.15, 0.2) is 41.8 Å². The SMILES string of the molecule is NCc1nc(C(=O)Cc2ccc3ccccc3n2)cs1. The summed E-state index contributed by atoms with van der Waals surface area (Å²) in [5, 5.41) is 3.61. The molecule has 0 fully saturated rings. The quantitative estimate of drug-likeness (QED) is 0.747. The van der Waals surface area contributed by atoms with Gasteiger partial charge in [0.25, 0.3) is 0 Å². The van der Waals surface area contributed by atoms with Crippen molar-refractivity contribution in [3.63, 3.8) is 0 Å². The summed E-state index contributed by atoms with van der Waals surface area (Å²) in [7, 11) is 0. The molecule has 0 spiro atoms. The van der Waals surface area contributed by atoms with Gasteiger partial charge in [0.1, 0.15) is 10.7 Å². The Morgan fingerprint density at radius 3 is 2.80 bits per heavy atom. The van der Waals surface area contributed by atoms with E-state index >= 15 is 0 Å². The minimum absolute atomic E-state index is 0.0243. The van der Waals surface area contributed by atoms with Crippen molar-refractivity contribution in [2.24, 2.45) is 5.73 Å². The number of pyridine rings is 1. The fraction of sp³-hybridized carbons (Fsp3) is 0.133. The molecule has 0 aliphatic heterocycles. The molecule has 0 saturated heterocycles. The average molecular weight is 283 g/mol. The number of Topliss-reactive ketones (excluding diaryl/α,β-unsaturated/α-hetero) is 1. The molecule has 2 heterocycles. The van der Waals surface area contributed by atoms with E-state index in [1.54, 1.807) is 5.38 Å². The van der Waals surface area contributed by atoms with Gasteiger partial charge in [0.2, 0.25) is 0 Å². The first kappa shape index (κ1) is 12.9. The molecular formula is C15H13N3OS. The molecule has 0 amide bonds. The summed E-state index contributed by atoms with van der Waals surface area (Å²) in [5.41, 5.74) is 7.64. The maximum Gasteiger partial charge on any atom is 0.187 e. The van der Waals surface area contributed by atoms with E-state index in [1.165, 1.54) is 11.3 Å². The Bertz CT molecular complexity index is 766. The molecule has 0 saturated carbocycles. The molecule has 0 aliphatic carbocycles. The van der Waals surface area contributed by atoms with Gasteiger partial charge in [-0.1, -0.05) is 24.3 Å². The van der Waals surface area contributed by atoms with Gasteiger partial charge in [0.15, 0.2) is 5.78 Å². The molecule has 3 aromatic rings. The number of carbonyl (C=O) groups excluding carboxylic acids is 1. The number of thiazole rings is 1. The zero-order valence-corrected chi connectivity index (χ0v) is 11.6. The highest BCUT2D eigenvalue weighted by Gasteiger charge is 2.12. The van der Waals surface area contributed by atoms with E-state index in [4.69, 9.17) is 5.73 Å². The predicted molar refractivity (Wildman–Crippen MR) is 79.8 cm³/mol. The van der Waals surface area contributed by atoms with Gasteiger partial charge in [-0.25, -0.2) is 4.98 Å². The molecule has 1 aromatic carbocycles. The van der Waals surface area contributed by atoms with Gasteiger partial charge in [0.05, 0.1) is 11.9 Å². The Balaban J connectivity index is 1.83. The first-order chi connectivity index (χ1) is 9.76. The Hall–Kier alpha value is -2.11. The summed E-state index contributed by atoms with van der Waals surface area (Å²) in [6.07, 6.45) is 0.262. The second-order valence-electron chi connectivity index (χ2n) is 4.43. The van der Waals surface area contributed by atoms with Gasteiger partial charge in [-0.15, -0.1) is 11.3 Å². The van der Waals surface area contributed by atoms with E-state index in [0.29, 0.717) is 12.2 Å².